The number of carbonyl (C=O) groups is 3. The highest BCUT2D eigenvalue weighted by Gasteiger charge is 2.51. The van der Waals surface area contributed by atoms with Crippen molar-refractivity contribution in [2.75, 3.05) is 37.6 Å². The van der Waals surface area contributed by atoms with E-state index in [4.69, 9.17) is 0 Å². The zero-order valence-electron chi connectivity index (χ0n) is 20.0. The van der Waals surface area contributed by atoms with Crippen molar-refractivity contribution in [2.45, 2.75) is 75.0 Å². The number of likely N-dealkylation sites (N-methyl/N-ethyl adjacent to an activating group) is 1. The van der Waals surface area contributed by atoms with Gasteiger partial charge >= 0.3 is 0 Å². The van der Waals surface area contributed by atoms with E-state index < -0.39 is 0 Å². The Morgan fingerprint density at radius 3 is 2.67 bits per heavy atom. The molecule has 7 nitrogen and oxygen atoms in total. The Bertz CT molecular complexity index is 924. The number of nitrogens with zero attached hydrogens (tertiary/aromatic N) is 2. The van der Waals surface area contributed by atoms with Gasteiger partial charge < -0.3 is 20.4 Å². The fraction of sp³-hybridized carbons (Fsp3) is 0.640. The molecule has 2 N–H and O–H groups in total. The van der Waals surface area contributed by atoms with E-state index in [0.717, 1.165) is 61.3 Å². The van der Waals surface area contributed by atoms with Gasteiger partial charge in [0.2, 0.25) is 11.8 Å². The number of rotatable bonds is 7. The van der Waals surface area contributed by atoms with Gasteiger partial charge in [0.1, 0.15) is 0 Å². The first-order valence-corrected chi connectivity index (χ1v) is 13.2. The molecular formula is C25H36N4O3S. The molecule has 1 saturated carbocycles. The average molecular weight is 473 g/mol. The minimum atomic E-state index is -0.386. The van der Waals surface area contributed by atoms with Gasteiger partial charge in [0.25, 0.3) is 5.91 Å². The summed E-state index contributed by atoms with van der Waals surface area (Å²) in [6, 6.07) is 4.20. The summed E-state index contributed by atoms with van der Waals surface area (Å²) >= 11 is 1.67. The van der Waals surface area contributed by atoms with Gasteiger partial charge in [-0.15, -0.1) is 11.8 Å². The van der Waals surface area contributed by atoms with Gasteiger partial charge in [-0.25, -0.2) is 0 Å². The summed E-state index contributed by atoms with van der Waals surface area (Å²) < 4.78 is -0.386. The minimum Gasteiger partial charge on any atom is -0.354 e. The first kappa shape index (κ1) is 24.1. The minimum absolute atomic E-state index is 0.0214. The number of amides is 3. The number of nitrogens with one attached hydrogen (secondary N) is 2. The molecule has 1 aliphatic carbocycles. The molecule has 2 heterocycles. The van der Waals surface area contributed by atoms with Crippen molar-refractivity contribution in [3.63, 3.8) is 0 Å². The van der Waals surface area contributed by atoms with E-state index in [0.29, 0.717) is 31.6 Å². The standard InChI is InChI=1S/C25H36N4O3S/c1-4-22(30)27-12-13-29-20-15-19(23(31)28(5-2)18-8-6-11-26-16-18)17(3)14-21(20)33-25(24(29)32)9-7-10-25/h14-15,18,26H,4-13,16H2,1-3H3,(H,27,30)/t18-/m1/s1. The molecule has 1 atom stereocenters. The van der Waals surface area contributed by atoms with Crippen LogP contribution in [0.5, 0.6) is 0 Å². The largest absolute Gasteiger partial charge is 0.354 e. The second-order valence-electron chi connectivity index (χ2n) is 9.34. The third-order valence-corrected chi connectivity index (χ3v) is 8.74. The predicted molar refractivity (Wildman–Crippen MR) is 132 cm³/mol. The van der Waals surface area contributed by atoms with Crippen LogP contribution in [0.4, 0.5) is 5.69 Å². The molecule has 1 aromatic rings. The van der Waals surface area contributed by atoms with Gasteiger partial charge in [0.15, 0.2) is 0 Å². The van der Waals surface area contributed by atoms with E-state index in [1.807, 2.05) is 36.6 Å². The maximum Gasteiger partial charge on any atom is 0.254 e. The Labute approximate surface area is 201 Å². The number of fused-ring (bicyclic) bond motifs is 1. The molecule has 0 radical (unpaired) electrons. The van der Waals surface area contributed by atoms with E-state index >= 15 is 0 Å². The van der Waals surface area contributed by atoms with Gasteiger partial charge in [0.05, 0.1) is 10.4 Å². The molecule has 1 saturated heterocycles. The zero-order valence-corrected chi connectivity index (χ0v) is 20.9. The molecule has 1 aromatic carbocycles. The first-order valence-electron chi connectivity index (χ1n) is 12.3. The monoisotopic (exact) mass is 472 g/mol. The van der Waals surface area contributed by atoms with E-state index in [1.165, 1.54) is 0 Å². The van der Waals surface area contributed by atoms with Crippen molar-refractivity contribution >= 4 is 35.2 Å². The number of anilines is 1. The van der Waals surface area contributed by atoms with Gasteiger partial charge in [0, 0.05) is 49.1 Å². The lowest BCUT2D eigenvalue weighted by atomic mass is 9.82. The van der Waals surface area contributed by atoms with Gasteiger partial charge in [-0.3, -0.25) is 14.4 Å². The van der Waals surface area contributed by atoms with Crippen molar-refractivity contribution in [3.8, 4) is 0 Å². The summed E-state index contributed by atoms with van der Waals surface area (Å²) in [6.07, 6.45) is 5.33. The molecule has 180 valence electrons. The van der Waals surface area contributed by atoms with E-state index in [2.05, 4.69) is 16.7 Å². The Morgan fingerprint density at radius 2 is 2.06 bits per heavy atom. The Morgan fingerprint density at radius 1 is 1.27 bits per heavy atom. The Balaban J connectivity index is 1.64. The van der Waals surface area contributed by atoms with Crippen LogP contribution < -0.4 is 15.5 Å². The third kappa shape index (κ3) is 4.64. The lowest BCUT2D eigenvalue weighted by molar-refractivity contribution is -0.123. The summed E-state index contributed by atoms with van der Waals surface area (Å²) in [4.78, 5) is 43.8. The maximum absolute atomic E-state index is 13.6. The van der Waals surface area contributed by atoms with Crippen molar-refractivity contribution in [3.05, 3.63) is 23.3 Å². The normalized spacial score (nSPS) is 21.4. The van der Waals surface area contributed by atoms with Crippen LogP contribution in [0.3, 0.4) is 0 Å². The van der Waals surface area contributed by atoms with Crippen LogP contribution in [0.2, 0.25) is 0 Å². The summed E-state index contributed by atoms with van der Waals surface area (Å²) in [5, 5.41) is 6.30. The Hall–Kier alpha value is -2.06. The van der Waals surface area contributed by atoms with Crippen molar-refractivity contribution in [1.29, 1.82) is 0 Å². The topological polar surface area (TPSA) is 81.8 Å². The summed E-state index contributed by atoms with van der Waals surface area (Å²) in [7, 11) is 0. The van der Waals surface area contributed by atoms with Gasteiger partial charge in [-0.2, -0.15) is 0 Å². The first-order chi connectivity index (χ1) is 15.9. The molecule has 3 amide bonds. The molecule has 1 spiro atoms. The molecule has 4 rings (SSSR count). The molecule has 3 aliphatic rings. The van der Waals surface area contributed by atoms with Crippen LogP contribution in [0.25, 0.3) is 0 Å². The fourth-order valence-corrected chi connectivity index (χ4v) is 6.71. The lowest BCUT2D eigenvalue weighted by Crippen LogP contribution is -2.55. The molecule has 2 fully saturated rings. The van der Waals surface area contributed by atoms with E-state index in [9.17, 15) is 14.4 Å². The smallest absolute Gasteiger partial charge is 0.254 e. The number of benzene rings is 1. The molecule has 8 heteroatoms. The second kappa shape index (κ2) is 10.1. The second-order valence-corrected chi connectivity index (χ2v) is 10.8. The van der Waals surface area contributed by atoms with Crippen LogP contribution in [-0.2, 0) is 9.59 Å². The molecule has 2 aliphatic heterocycles. The molecular weight excluding hydrogens is 436 g/mol. The highest BCUT2D eigenvalue weighted by molar-refractivity contribution is 8.01. The van der Waals surface area contributed by atoms with E-state index in [1.54, 1.807) is 11.8 Å². The van der Waals surface area contributed by atoms with Gasteiger partial charge in [-0.1, -0.05) is 6.92 Å². The summed E-state index contributed by atoms with van der Waals surface area (Å²) in [5.41, 5.74) is 2.43. The average Bonchev–Trinajstić information content (AvgIpc) is 2.79. The number of thioether (sulfide) groups is 1. The summed E-state index contributed by atoms with van der Waals surface area (Å²) in [6.45, 7) is 9.16. The quantitative estimate of drug-likeness (QED) is 0.637. The van der Waals surface area contributed by atoms with Crippen LogP contribution in [-0.4, -0.2) is 66.1 Å². The zero-order chi connectivity index (χ0) is 23.6. The number of hydrogen-bond donors (Lipinski definition) is 2. The van der Waals surface area contributed by atoms with Crippen molar-refractivity contribution < 1.29 is 14.4 Å². The van der Waals surface area contributed by atoms with Crippen LogP contribution in [0.1, 0.15) is 68.3 Å². The third-order valence-electron chi connectivity index (χ3n) is 7.22. The SMILES string of the molecule is CCC(=O)NCCN1C(=O)C2(CCC2)Sc2cc(C)c(C(=O)N(CC)[C@@H]3CCCNC3)cc21. The molecule has 0 bridgehead atoms. The number of piperidine rings is 1. The summed E-state index contributed by atoms with van der Waals surface area (Å²) in [5.74, 6) is 0.127. The number of hydrogen-bond acceptors (Lipinski definition) is 5. The van der Waals surface area contributed by atoms with Gasteiger partial charge in [-0.05, 0) is 70.2 Å². The molecule has 0 unspecified atom stereocenters. The molecule has 0 aromatic heterocycles. The van der Waals surface area contributed by atoms with Crippen LogP contribution in [0.15, 0.2) is 17.0 Å². The highest BCUT2D eigenvalue weighted by atomic mass is 32.2. The highest BCUT2D eigenvalue weighted by Crippen LogP contribution is 2.55. The predicted octanol–water partition coefficient (Wildman–Crippen LogP) is 3.10. The Kier molecular flexibility index (Phi) is 7.34. The number of carbonyl (C=O) groups excluding carboxylic acids is 3. The number of aryl methyl sites for hydroxylation is 1. The van der Waals surface area contributed by atoms with Crippen LogP contribution >= 0.6 is 11.8 Å². The maximum atomic E-state index is 13.6. The van der Waals surface area contributed by atoms with Crippen molar-refractivity contribution in [1.82, 2.24) is 15.5 Å². The lowest BCUT2D eigenvalue weighted by Gasteiger charge is -2.47. The van der Waals surface area contributed by atoms with E-state index in [-0.39, 0.29) is 28.5 Å². The molecule has 33 heavy (non-hydrogen) atoms. The van der Waals surface area contributed by atoms with Crippen LogP contribution in [0, 0.1) is 6.92 Å². The fourth-order valence-electron chi connectivity index (χ4n) is 5.09. The van der Waals surface area contributed by atoms with Crippen molar-refractivity contribution in [2.24, 2.45) is 0 Å².